The third-order valence-electron chi connectivity index (χ3n) is 4.98. The number of hydrogen-bond acceptors (Lipinski definition) is 3. The quantitative estimate of drug-likeness (QED) is 0.894. The van der Waals surface area contributed by atoms with E-state index in [1.807, 2.05) is 24.3 Å². The van der Waals surface area contributed by atoms with Crippen molar-refractivity contribution in [1.29, 1.82) is 0 Å². The van der Waals surface area contributed by atoms with Gasteiger partial charge >= 0.3 is 0 Å². The van der Waals surface area contributed by atoms with E-state index in [1.54, 1.807) is 6.20 Å². The number of piperidine rings is 1. The Bertz CT molecular complexity index is 711. The van der Waals surface area contributed by atoms with Gasteiger partial charge in [-0.2, -0.15) is 0 Å². The monoisotopic (exact) mass is 337 g/mol. The minimum Gasteiger partial charge on any atom is -0.368 e. The van der Waals surface area contributed by atoms with Gasteiger partial charge in [-0.1, -0.05) is 36.8 Å². The van der Waals surface area contributed by atoms with Gasteiger partial charge in [-0.15, -0.1) is 0 Å². The smallest absolute Gasteiger partial charge is 0.270 e. The highest BCUT2D eigenvalue weighted by Crippen LogP contribution is 2.26. The van der Waals surface area contributed by atoms with Gasteiger partial charge in [-0.25, -0.2) is 0 Å². The van der Waals surface area contributed by atoms with Crippen LogP contribution in [0.3, 0.4) is 0 Å². The number of nitrogens with one attached hydrogen (secondary N) is 1. The van der Waals surface area contributed by atoms with Crippen LogP contribution < -0.4 is 10.2 Å². The number of hydrogen-bond donors (Lipinski definition) is 1. The number of carbonyl (C=O) groups excluding carboxylic acids is 1. The van der Waals surface area contributed by atoms with Crippen LogP contribution in [0.5, 0.6) is 0 Å². The Hall–Kier alpha value is -2.36. The molecule has 1 atom stereocenters. The number of pyridine rings is 1. The standard InChI is InChI=1S/C21H27N3O/c1-3-18-6-4-5-13-24(18)19-11-12-22-20(14-19)21(25)23-15-17-9-7-16(2)8-10-17/h7-12,14,18H,3-6,13,15H2,1-2H3,(H,23,25). The van der Waals surface area contributed by atoms with Crippen LogP contribution in [0.4, 0.5) is 5.69 Å². The van der Waals surface area contributed by atoms with Crippen LogP contribution in [0.25, 0.3) is 0 Å². The summed E-state index contributed by atoms with van der Waals surface area (Å²) < 4.78 is 0. The van der Waals surface area contributed by atoms with Crippen molar-refractivity contribution in [3.05, 3.63) is 59.4 Å². The maximum absolute atomic E-state index is 12.5. The molecule has 1 N–H and O–H groups in total. The molecular weight excluding hydrogens is 310 g/mol. The summed E-state index contributed by atoms with van der Waals surface area (Å²) in [7, 11) is 0. The highest BCUT2D eigenvalue weighted by Gasteiger charge is 2.22. The summed E-state index contributed by atoms with van der Waals surface area (Å²) in [5.74, 6) is -0.118. The number of rotatable bonds is 5. The highest BCUT2D eigenvalue weighted by molar-refractivity contribution is 5.93. The van der Waals surface area contributed by atoms with Gasteiger partial charge in [0.15, 0.2) is 0 Å². The largest absolute Gasteiger partial charge is 0.368 e. The Morgan fingerprint density at radius 1 is 1.24 bits per heavy atom. The van der Waals surface area contributed by atoms with Crippen molar-refractivity contribution < 1.29 is 4.79 Å². The minimum atomic E-state index is -0.118. The predicted octanol–water partition coefficient (Wildman–Crippen LogP) is 4.09. The third-order valence-corrected chi connectivity index (χ3v) is 4.98. The number of benzene rings is 1. The lowest BCUT2D eigenvalue weighted by molar-refractivity contribution is 0.0946. The Morgan fingerprint density at radius 2 is 2.04 bits per heavy atom. The summed E-state index contributed by atoms with van der Waals surface area (Å²) in [4.78, 5) is 19.2. The van der Waals surface area contributed by atoms with Gasteiger partial charge < -0.3 is 10.2 Å². The van der Waals surface area contributed by atoms with Crippen molar-refractivity contribution in [1.82, 2.24) is 10.3 Å². The molecular formula is C21H27N3O. The summed E-state index contributed by atoms with van der Waals surface area (Å²) in [6.07, 6.45) is 6.63. The van der Waals surface area contributed by atoms with Crippen LogP contribution in [0.2, 0.25) is 0 Å². The average Bonchev–Trinajstić information content (AvgIpc) is 2.67. The van der Waals surface area contributed by atoms with Crippen LogP contribution in [0.15, 0.2) is 42.6 Å². The van der Waals surface area contributed by atoms with E-state index >= 15 is 0 Å². The SMILES string of the molecule is CCC1CCCCN1c1ccnc(C(=O)NCc2ccc(C)cc2)c1. The molecule has 2 heterocycles. The molecule has 4 nitrogen and oxygen atoms in total. The second-order valence-electron chi connectivity index (χ2n) is 6.82. The van der Waals surface area contributed by atoms with Gasteiger partial charge in [0, 0.05) is 31.0 Å². The molecule has 0 radical (unpaired) electrons. The zero-order valence-electron chi connectivity index (χ0n) is 15.2. The van der Waals surface area contributed by atoms with E-state index in [9.17, 15) is 4.79 Å². The summed E-state index contributed by atoms with van der Waals surface area (Å²) in [5.41, 5.74) is 3.92. The Kier molecular flexibility index (Phi) is 5.69. The number of amides is 1. The normalized spacial score (nSPS) is 17.4. The van der Waals surface area contributed by atoms with Gasteiger partial charge in [-0.05, 0) is 50.3 Å². The first kappa shape index (κ1) is 17.5. The van der Waals surface area contributed by atoms with E-state index in [1.165, 1.54) is 24.8 Å². The molecule has 4 heteroatoms. The van der Waals surface area contributed by atoms with E-state index in [2.05, 4.69) is 41.2 Å². The van der Waals surface area contributed by atoms with Crippen molar-refractivity contribution in [2.75, 3.05) is 11.4 Å². The molecule has 0 spiro atoms. The molecule has 1 amide bonds. The van der Waals surface area contributed by atoms with E-state index < -0.39 is 0 Å². The summed E-state index contributed by atoms with van der Waals surface area (Å²) in [5, 5.41) is 2.97. The molecule has 132 valence electrons. The molecule has 1 aliphatic rings. The maximum Gasteiger partial charge on any atom is 0.270 e. The molecule has 25 heavy (non-hydrogen) atoms. The number of nitrogens with zero attached hydrogens (tertiary/aromatic N) is 2. The lowest BCUT2D eigenvalue weighted by Gasteiger charge is -2.37. The predicted molar refractivity (Wildman–Crippen MR) is 102 cm³/mol. The zero-order chi connectivity index (χ0) is 17.6. The summed E-state index contributed by atoms with van der Waals surface area (Å²) >= 11 is 0. The second kappa shape index (κ2) is 8.15. The van der Waals surface area contributed by atoms with Crippen LogP contribution in [-0.2, 0) is 6.54 Å². The highest BCUT2D eigenvalue weighted by atomic mass is 16.1. The fraction of sp³-hybridized carbons (Fsp3) is 0.429. The van der Waals surface area contributed by atoms with E-state index in [0.29, 0.717) is 18.3 Å². The lowest BCUT2D eigenvalue weighted by Crippen LogP contribution is -2.39. The molecule has 0 saturated carbocycles. The molecule has 1 aliphatic heterocycles. The number of carbonyl (C=O) groups is 1. The molecule has 2 aromatic rings. The van der Waals surface area contributed by atoms with Crippen LogP contribution in [0, 0.1) is 6.92 Å². The minimum absolute atomic E-state index is 0.118. The molecule has 1 saturated heterocycles. The van der Waals surface area contributed by atoms with Gasteiger partial charge in [0.1, 0.15) is 5.69 Å². The fourth-order valence-electron chi connectivity index (χ4n) is 3.47. The molecule has 3 rings (SSSR count). The first-order valence-electron chi connectivity index (χ1n) is 9.24. The first-order chi connectivity index (χ1) is 12.2. The summed E-state index contributed by atoms with van der Waals surface area (Å²) in [6, 6.07) is 12.7. The fourth-order valence-corrected chi connectivity index (χ4v) is 3.47. The zero-order valence-corrected chi connectivity index (χ0v) is 15.2. The number of aromatic nitrogens is 1. The molecule has 0 bridgehead atoms. The van der Waals surface area contributed by atoms with E-state index in [-0.39, 0.29) is 5.91 Å². The lowest BCUT2D eigenvalue weighted by atomic mass is 9.99. The molecule has 1 fully saturated rings. The molecule has 1 unspecified atom stereocenters. The average molecular weight is 337 g/mol. The Morgan fingerprint density at radius 3 is 2.80 bits per heavy atom. The summed E-state index contributed by atoms with van der Waals surface area (Å²) in [6.45, 7) is 5.88. The van der Waals surface area contributed by atoms with Crippen molar-refractivity contribution in [2.45, 2.75) is 52.1 Å². The first-order valence-corrected chi connectivity index (χ1v) is 9.24. The topological polar surface area (TPSA) is 45.2 Å². The molecule has 0 aliphatic carbocycles. The van der Waals surface area contributed by atoms with Crippen molar-refractivity contribution in [2.24, 2.45) is 0 Å². The van der Waals surface area contributed by atoms with Gasteiger partial charge in [-0.3, -0.25) is 9.78 Å². The van der Waals surface area contributed by atoms with Crippen LogP contribution in [-0.4, -0.2) is 23.5 Å². The van der Waals surface area contributed by atoms with Crippen LogP contribution in [0.1, 0.15) is 54.2 Å². The van der Waals surface area contributed by atoms with Crippen molar-refractivity contribution in [3.8, 4) is 0 Å². The van der Waals surface area contributed by atoms with Gasteiger partial charge in [0.25, 0.3) is 5.91 Å². The third kappa shape index (κ3) is 4.38. The Labute approximate surface area is 150 Å². The van der Waals surface area contributed by atoms with Crippen molar-refractivity contribution in [3.63, 3.8) is 0 Å². The number of anilines is 1. The Balaban J connectivity index is 1.67. The van der Waals surface area contributed by atoms with Crippen molar-refractivity contribution >= 4 is 11.6 Å². The van der Waals surface area contributed by atoms with E-state index in [0.717, 1.165) is 24.2 Å². The maximum atomic E-state index is 12.5. The molecule has 1 aromatic carbocycles. The second-order valence-corrected chi connectivity index (χ2v) is 6.82. The van der Waals surface area contributed by atoms with Gasteiger partial charge in [0.2, 0.25) is 0 Å². The number of aryl methyl sites for hydroxylation is 1. The van der Waals surface area contributed by atoms with Crippen LogP contribution >= 0.6 is 0 Å². The molecule has 1 aromatic heterocycles. The van der Waals surface area contributed by atoms with E-state index in [4.69, 9.17) is 0 Å². The van der Waals surface area contributed by atoms with Gasteiger partial charge in [0.05, 0.1) is 0 Å².